The van der Waals surface area contributed by atoms with Crippen molar-refractivity contribution in [3.63, 3.8) is 0 Å². The summed E-state index contributed by atoms with van der Waals surface area (Å²) in [4.78, 5) is 12.0. The van der Waals surface area contributed by atoms with Gasteiger partial charge in [0.15, 0.2) is 4.34 Å². The van der Waals surface area contributed by atoms with Gasteiger partial charge in [-0.1, -0.05) is 29.2 Å². The summed E-state index contributed by atoms with van der Waals surface area (Å²) < 4.78 is 40.3. The zero-order valence-electron chi connectivity index (χ0n) is 12.5. The number of aromatic nitrogens is 2. The largest absolute Gasteiger partial charge is 0.296 e. The lowest BCUT2D eigenvalue weighted by atomic mass is 10.2. The first-order chi connectivity index (χ1) is 12.0. The number of rotatable bonds is 5. The molecule has 9 heteroatoms. The quantitative estimate of drug-likeness (QED) is 0.522. The Morgan fingerprint density at radius 1 is 1.08 bits per heavy atom. The summed E-state index contributed by atoms with van der Waals surface area (Å²) in [6.07, 6.45) is 0. The molecule has 25 heavy (non-hydrogen) atoms. The lowest BCUT2D eigenvalue weighted by molar-refractivity contribution is 0.102. The van der Waals surface area contributed by atoms with E-state index >= 15 is 0 Å². The van der Waals surface area contributed by atoms with Gasteiger partial charge in [0.25, 0.3) is 5.91 Å². The maximum atomic E-state index is 13.6. The highest BCUT2D eigenvalue weighted by Crippen LogP contribution is 2.29. The Morgan fingerprint density at radius 2 is 1.88 bits per heavy atom. The first-order valence-electron chi connectivity index (χ1n) is 6.98. The molecule has 0 spiro atoms. The molecule has 0 radical (unpaired) electrons. The van der Waals surface area contributed by atoms with Gasteiger partial charge in [0.1, 0.15) is 17.5 Å². The molecule has 3 rings (SSSR count). The lowest BCUT2D eigenvalue weighted by Crippen LogP contribution is -2.11. The Bertz CT molecular complexity index is 917. The van der Waals surface area contributed by atoms with Crippen molar-refractivity contribution in [3.05, 3.63) is 71.0 Å². The summed E-state index contributed by atoms with van der Waals surface area (Å²) in [5.41, 5.74) is 0.372. The number of halogens is 3. The first-order valence-corrected chi connectivity index (χ1v) is 8.78. The number of carbonyl (C=O) groups excluding carboxylic acids is 1. The third-order valence-corrected chi connectivity index (χ3v) is 5.09. The van der Waals surface area contributed by atoms with Crippen molar-refractivity contribution < 1.29 is 18.0 Å². The summed E-state index contributed by atoms with van der Waals surface area (Å²) in [5.74, 6) is -1.87. The van der Waals surface area contributed by atoms with Crippen molar-refractivity contribution in [2.24, 2.45) is 0 Å². The highest BCUT2D eigenvalue weighted by molar-refractivity contribution is 8.00. The number of hydrogen-bond donors (Lipinski definition) is 1. The van der Waals surface area contributed by atoms with E-state index in [1.165, 1.54) is 30.0 Å². The predicted octanol–water partition coefficient (Wildman–Crippen LogP) is 4.50. The number of thioether (sulfide) groups is 1. The molecule has 3 aromatic rings. The molecule has 0 saturated carbocycles. The van der Waals surface area contributed by atoms with Crippen molar-refractivity contribution >= 4 is 34.1 Å². The highest BCUT2D eigenvalue weighted by atomic mass is 32.2. The van der Waals surface area contributed by atoms with Gasteiger partial charge in [-0.05, 0) is 36.4 Å². The van der Waals surface area contributed by atoms with Gasteiger partial charge >= 0.3 is 0 Å². The molecule has 0 aliphatic heterocycles. The smallest absolute Gasteiger partial charge is 0.257 e. The van der Waals surface area contributed by atoms with Gasteiger partial charge in [0, 0.05) is 16.9 Å². The average molecular weight is 381 g/mol. The standard InChI is InChI=1S/C16H10F3N3OS2/c17-11-3-1-2-9(6-11)14(23)20-15-21-22-16(25-15)24-8-10-7-12(18)4-5-13(10)19/h1-7H,8H2,(H,20,21,23). The van der Waals surface area contributed by atoms with E-state index in [9.17, 15) is 18.0 Å². The fourth-order valence-electron chi connectivity index (χ4n) is 1.91. The monoisotopic (exact) mass is 381 g/mol. The van der Waals surface area contributed by atoms with Crippen LogP contribution < -0.4 is 5.32 Å². The topological polar surface area (TPSA) is 54.9 Å². The molecular formula is C16H10F3N3OS2. The van der Waals surface area contributed by atoms with E-state index in [1.54, 1.807) is 0 Å². The number of benzene rings is 2. The van der Waals surface area contributed by atoms with Crippen LogP contribution in [0.1, 0.15) is 15.9 Å². The fourth-order valence-corrected chi connectivity index (χ4v) is 3.63. The van der Waals surface area contributed by atoms with E-state index in [0.29, 0.717) is 4.34 Å². The van der Waals surface area contributed by atoms with E-state index in [1.807, 2.05) is 0 Å². The molecule has 0 aliphatic carbocycles. The minimum Gasteiger partial charge on any atom is -0.296 e. The van der Waals surface area contributed by atoms with Crippen LogP contribution in [0, 0.1) is 17.5 Å². The molecule has 1 aromatic heterocycles. The van der Waals surface area contributed by atoms with Gasteiger partial charge in [0.05, 0.1) is 0 Å². The summed E-state index contributed by atoms with van der Waals surface area (Å²) in [6, 6.07) is 8.49. The van der Waals surface area contributed by atoms with Crippen LogP contribution in [0.5, 0.6) is 0 Å². The Morgan fingerprint density at radius 3 is 2.68 bits per heavy atom. The highest BCUT2D eigenvalue weighted by Gasteiger charge is 2.12. The van der Waals surface area contributed by atoms with Crippen LogP contribution in [-0.4, -0.2) is 16.1 Å². The Hall–Kier alpha value is -2.39. The third-order valence-electron chi connectivity index (χ3n) is 3.07. The normalized spacial score (nSPS) is 10.7. The third kappa shape index (κ3) is 4.58. The van der Waals surface area contributed by atoms with E-state index in [2.05, 4.69) is 15.5 Å². The summed E-state index contributed by atoms with van der Waals surface area (Å²) in [7, 11) is 0. The molecule has 2 aromatic carbocycles. The Balaban J connectivity index is 1.62. The van der Waals surface area contributed by atoms with Crippen LogP contribution in [0.15, 0.2) is 46.8 Å². The molecule has 0 bridgehead atoms. The zero-order chi connectivity index (χ0) is 17.8. The molecule has 128 valence electrons. The zero-order valence-corrected chi connectivity index (χ0v) is 14.1. The van der Waals surface area contributed by atoms with Crippen LogP contribution in [0.25, 0.3) is 0 Å². The Kier molecular flexibility index (Phi) is 5.34. The number of hydrogen-bond acceptors (Lipinski definition) is 5. The molecule has 0 atom stereocenters. The number of carbonyl (C=O) groups is 1. The van der Waals surface area contributed by atoms with Crippen molar-refractivity contribution in [3.8, 4) is 0 Å². The average Bonchev–Trinajstić information content (AvgIpc) is 3.03. The number of amides is 1. The fraction of sp³-hybridized carbons (Fsp3) is 0.0625. The van der Waals surface area contributed by atoms with Gasteiger partial charge < -0.3 is 0 Å². The Labute approximate surface area is 149 Å². The molecule has 0 saturated heterocycles. The minimum absolute atomic E-state index is 0.159. The minimum atomic E-state index is -0.516. The summed E-state index contributed by atoms with van der Waals surface area (Å²) in [5, 5.41) is 10.4. The molecule has 1 N–H and O–H groups in total. The predicted molar refractivity (Wildman–Crippen MR) is 90.2 cm³/mol. The molecule has 1 amide bonds. The second-order valence-corrected chi connectivity index (χ2v) is 7.06. The number of nitrogens with zero attached hydrogens (tertiary/aromatic N) is 2. The second-order valence-electron chi connectivity index (χ2n) is 4.86. The van der Waals surface area contributed by atoms with Crippen molar-refractivity contribution in [2.45, 2.75) is 10.1 Å². The number of anilines is 1. The van der Waals surface area contributed by atoms with E-state index in [0.717, 1.165) is 35.6 Å². The SMILES string of the molecule is O=C(Nc1nnc(SCc2cc(F)ccc2F)s1)c1cccc(F)c1. The van der Waals surface area contributed by atoms with E-state index < -0.39 is 23.4 Å². The summed E-state index contributed by atoms with van der Waals surface area (Å²) >= 11 is 2.26. The van der Waals surface area contributed by atoms with Gasteiger partial charge in [0.2, 0.25) is 5.13 Å². The van der Waals surface area contributed by atoms with Crippen LogP contribution >= 0.6 is 23.1 Å². The van der Waals surface area contributed by atoms with Crippen LogP contribution in [0.3, 0.4) is 0 Å². The molecule has 0 unspecified atom stereocenters. The molecule has 1 heterocycles. The van der Waals surface area contributed by atoms with Gasteiger partial charge in [-0.2, -0.15) is 0 Å². The molecular weight excluding hydrogens is 371 g/mol. The lowest BCUT2D eigenvalue weighted by Gasteiger charge is -2.01. The van der Waals surface area contributed by atoms with E-state index in [4.69, 9.17) is 0 Å². The van der Waals surface area contributed by atoms with Crippen LogP contribution in [0.2, 0.25) is 0 Å². The number of nitrogens with one attached hydrogen (secondary N) is 1. The van der Waals surface area contributed by atoms with Gasteiger partial charge in [-0.25, -0.2) is 13.2 Å². The van der Waals surface area contributed by atoms with Crippen molar-refractivity contribution in [2.75, 3.05) is 5.32 Å². The molecule has 4 nitrogen and oxygen atoms in total. The van der Waals surface area contributed by atoms with Gasteiger partial charge in [-0.15, -0.1) is 10.2 Å². The maximum Gasteiger partial charge on any atom is 0.257 e. The van der Waals surface area contributed by atoms with Crippen molar-refractivity contribution in [1.82, 2.24) is 10.2 Å². The molecule has 0 fully saturated rings. The van der Waals surface area contributed by atoms with E-state index in [-0.39, 0.29) is 22.0 Å². The second kappa shape index (κ2) is 7.66. The summed E-state index contributed by atoms with van der Waals surface area (Å²) in [6.45, 7) is 0. The maximum absolute atomic E-state index is 13.6. The van der Waals surface area contributed by atoms with Crippen LogP contribution in [0.4, 0.5) is 18.3 Å². The van der Waals surface area contributed by atoms with Gasteiger partial charge in [-0.3, -0.25) is 10.1 Å². The first kappa shape index (κ1) is 17.4. The molecule has 0 aliphatic rings. The van der Waals surface area contributed by atoms with Crippen LogP contribution in [-0.2, 0) is 5.75 Å². The van der Waals surface area contributed by atoms with Crippen molar-refractivity contribution in [1.29, 1.82) is 0 Å².